The predicted molar refractivity (Wildman–Crippen MR) is 252 cm³/mol. The average Bonchev–Trinajstić information content (AvgIpc) is 3.67. The summed E-state index contributed by atoms with van der Waals surface area (Å²) < 4.78 is 2.61. The van der Waals surface area contributed by atoms with Gasteiger partial charge in [-0.15, -0.1) is 11.3 Å². The Bertz CT molecular complexity index is 2870. The number of rotatable bonds is 10. The van der Waals surface area contributed by atoms with E-state index in [1.807, 2.05) is 11.3 Å². The summed E-state index contributed by atoms with van der Waals surface area (Å²) >= 11 is 1.86. The van der Waals surface area contributed by atoms with E-state index in [0.717, 1.165) is 34.1 Å². The molecular formula is C54H40N2SSi. The first kappa shape index (κ1) is 35.4. The molecule has 10 rings (SSSR count). The van der Waals surface area contributed by atoms with Gasteiger partial charge in [0.15, 0.2) is 8.07 Å². The summed E-state index contributed by atoms with van der Waals surface area (Å²) in [5, 5.41) is 7.87. The van der Waals surface area contributed by atoms with Gasteiger partial charge in [-0.2, -0.15) is 0 Å². The van der Waals surface area contributed by atoms with E-state index in [4.69, 9.17) is 0 Å². The fourth-order valence-electron chi connectivity index (χ4n) is 8.61. The van der Waals surface area contributed by atoms with E-state index >= 15 is 0 Å². The average molecular weight is 777 g/mol. The third-order valence-corrected chi connectivity index (χ3v) is 17.1. The number of para-hydroxylation sites is 3. The van der Waals surface area contributed by atoms with Gasteiger partial charge in [-0.1, -0.05) is 158 Å². The fraction of sp³-hybridized carbons (Fsp3) is 0. The molecule has 1 aromatic heterocycles. The zero-order valence-corrected chi connectivity index (χ0v) is 33.7. The Morgan fingerprint density at radius 3 is 1.12 bits per heavy atom. The van der Waals surface area contributed by atoms with Crippen molar-refractivity contribution in [3.63, 3.8) is 0 Å². The molecule has 0 N–H and O–H groups in total. The lowest BCUT2D eigenvalue weighted by Gasteiger charge is -2.36. The number of hydrogen-bond acceptors (Lipinski definition) is 3. The van der Waals surface area contributed by atoms with Gasteiger partial charge in [0, 0.05) is 54.3 Å². The van der Waals surface area contributed by atoms with Crippen molar-refractivity contribution in [1.29, 1.82) is 0 Å². The molecule has 0 amide bonds. The zero-order chi connectivity index (χ0) is 38.7. The molecule has 0 aliphatic carbocycles. The minimum absolute atomic E-state index is 1.12. The van der Waals surface area contributed by atoms with Crippen molar-refractivity contribution in [1.82, 2.24) is 0 Å². The lowest BCUT2D eigenvalue weighted by Crippen LogP contribution is -2.74. The Balaban J connectivity index is 1.22. The molecule has 276 valence electrons. The van der Waals surface area contributed by atoms with Crippen LogP contribution in [0.15, 0.2) is 243 Å². The van der Waals surface area contributed by atoms with Crippen LogP contribution in [0.1, 0.15) is 0 Å². The van der Waals surface area contributed by atoms with Gasteiger partial charge in [0.05, 0.1) is 0 Å². The molecule has 9 aromatic carbocycles. The van der Waals surface area contributed by atoms with Gasteiger partial charge >= 0.3 is 0 Å². The van der Waals surface area contributed by atoms with Gasteiger partial charge in [0.25, 0.3) is 0 Å². The minimum Gasteiger partial charge on any atom is -0.311 e. The van der Waals surface area contributed by atoms with Gasteiger partial charge in [0.2, 0.25) is 0 Å². The molecule has 0 unspecified atom stereocenters. The van der Waals surface area contributed by atoms with Crippen molar-refractivity contribution in [2.24, 2.45) is 0 Å². The van der Waals surface area contributed by atoms with Crippen molar-refractivity contribution in [3.8, 4) is 0 Å². The Labute approximate surface area is 345 Å². The number of thiophene rings is 1. The summed E-state index contributed by atoms with van der Waals surface area (Å²) in [6, 6.07) is 89.0. The predicted octanol–water partition coefficient (Wildman–Crippen LogP) is 12.4. The molecule has 4 heteroatoms. The molecule has 10 aromatic rings. The van der Waals surface area contributed by atoms with Gasteiger partial charge in [-0.05, 0) is 106 Å². The molecule has 2 nitrogen and oxygen atoms in total. The van der Waals surface area contributed by atoms with E-state index < -0.39 is 8.07 Å². The zero-order valence-electron chi connectivity index (χ0n) is 31.9. The number of anilines is 6. The highest BCUT2D eigenvalue weighted by molar-refractivity contribution is 7.25. The van der Waals surface area contributed by atoms with Crippen molar-refractivity contribution < 1.29 is 0 Å². The first-order chi connectivity index (χ1) is 28.8. The number of hydrogen-bond donors (Lipinski definition) is 0. The quantitative estimate of drug-likeness (QED) is 0.101. The molecular weight excluding hydrogens is 737 g/mol. The van der Waals surface area contributed by atoms with Crippen LogP contribution < -0.4 is 30.5 Å². The minimum atomic E-state index is -2.98. The normalized spacial score (nSPS) is 11.4. The third kappa shape index (κ3) is 6.39. The second-order valence-corrected chi connectivity index (χ2v) is 19.4. The summed E-state index contributed by atoms with van der Waals surface area (Å²) in [5.41, 5.74) is 6.74. The molecule has 0 spiro atoms. The summed E-state index contributed by atoms with van der Waals surface area (Å²) in [6.45, 7) is 0. The SMILES string of the molecule is c1ccc(N(c2ccccc2)c2cccc([Si](c3ccccc3)(c3ccccc3)c3cccc(N(c4ccccc4)c4ccc5sc6ccccc6c5c4)c3)c2)cc1. The molecule has 1 heterocycles. The Kier molecular flexibility index (Phi) is 9.48. The highest BCUT2D eigenvalue weighted by Gasteiger charge is 2.42. The van der Waals surface area contributed by atoms with E-state index in [2.05, 4.69) is 252 Å². The van der Waals surface area contributed by atoms with Gasteiger partial charge in [-0.3, -0.25) is 0 Å². The summed E-state index contributed by atoms with van der Waals surface area (Å²) in [7, 11) is -2.98. The van der Waals surface area contributed by atoms with Crippen molar-refractivity contribution in [2.45, 2.75) is 0 Å². The van der Waals surface area contributed by atoms with Gasteiger partial charge < -0.3 is 9.80 Å². The van der Waals surface area contributed by atoms with E-state index in [1.54, 1.807) is 0 Å². The van der Waals surface area contributed by atoms with Crippen molar-refractivity contribution >= 4 is 94.5 Å². The maximum atomic E-state index is 2.47. The lowest BCUT2D eigenvalue weighted by atomic mass is 10.1. The topological polar surface area (TPSA) is 6.48 Å². The Hall–Kier alpha value is -6.98. The lowest BCUT2D eigenvalue weighted by molar-refractivity contribution is 1.29. The number of nitrogens with zero attached hydrogens (tertiary/aromatic N) is 2. The maximum Gasteiger partial charge on any atom is 0.179 e. The standard InChI is InChI=1S/C54H40N2SSi/c1-6-20-41(21-7-1)55(42-22-8-2-9-23-42)44-26-18-32-49(38-44)58(47-28-12-4-13-29-47,48-30-14-5-15-31-48)50-33-19-27-45(39-50)56(43-24-10-3-11-25-43)46-36-37-54-52(40-46)51-34-16-17-35-53(51)57-54/h1-40H. The largest absolute Gasteiger partial charge is 0.311 e. The molecule has 0 aliphatic heterocycles. The van der Waals surface area contributed by atoms with Crippen LogP contribution >= 0.6 is 11.3 Å². The first-order valence-corrected chi connectivity index (χ1v) is 22.6. The van der Waals surface area contributed by atoms with Crippen LogP contribution in [0.5, 0.6) is 0 Å². The van der Waals surface area contributed by atoms with Crippen LogP contribution in [0.25, 0.3) is 20.2 Å². The van der Waals surface area contributed by atoms with Crippen LogP contribution in [-0.2, 0) is 0 Å². The summed E-state index contributed by atoms with van der Waals surface area (Å²) in [5.74, 6) is 0. The highest BCUT2D eigenvalue weighted by Crippen LogP contribution is 2.40. The van der Waals surface area contributed by atoms with Crippen LogP contribution in [0.3, 0.4) is 0 Å². The molecule has 0 saturated heterocycles. The van der Waals surface area contributed by atoms with E-state index in [1.165, 1.54) is 40.9 Å². The van der Waals surface area contributed by atoms with Crippen LogP contribution in [0.4, 0.5) is 34.1 Å². The molecule has 0 fully saturated rings. The van der Waals surface area contributed by atoms with Crippen LogP contribution in [-0.4, -0.2) is 8.07 Å². The maximum absolute atomic E-state index is 2.98. The van der Waals surface area contributed by atoms with E-state index in [9.17, 15) is 0 Å². The second kappa shape index (κ2) is 15.5. The highest BCUT2D eigenvalue weighted by atomic mass is 32.1. The smallest absolute Gasteiger partial charge is 0.179 e. The first-order valence-electron chi connectivity index (χ1n) is 19.8. The molecule has 0 saturated carbocycles. The number of fused-ring (bicyclic) bond motifs is 3. The number of benzene rings is 9. The summed E-state index contributed by atoms with van der Waals surface area (Å²) in [4.78, 5) is 4.80. The van der Waals surface area contributed by atoms with Crippen molar-refractivity contribution in [3.05, 3.63) is 243 Å². The van der Waals surface area contributed by atoms with Crippen LogP contribution in [0, 0.1) is 0 Å². The molecule has 0 atom stereocenters. The Morgan fingerprint density at radius 2 is 0.621 bits per heavy atom. The van der Waals surface area contributed by atoms with E-state index in [0.29, 0.717) is 0 Å². The molecule has 0 aliphatic rings. The fourth-order valence-corrected chi connectivity index (χ4v) is 14.5. The van der Waals surface area contributed by atoms with Gasteiger partial charge in [-0.25, -0.2) is 0 Å². The monoisotopic (exact) mass is 776 g/mol. The molecule has 0 bridgehead atoms. The summed E-state index contributed by atoms with van der Waals surface area (Å²) in [6.07, 6.45) is 0. The molecule has 58 heavy (non-hydrogen) atoms. The Morgan fingerprint density at radius 1 is 0.259 bits per heavy atom. The third-order valence-electron chi connectivity index (χ3n) is 11.2. The van der Waals surface area contributed by atoms with Gasteiger partial charge in [0.1, 0.15) is 0 Å². The van der Waals surface area contributed by atoms with E-state index in [-0.39, 0.29) is 0 Å². The molecule has 0 radical (unpaired) electrons. The van der Waals surface area contributed by atoms with Crippen molar-refractivity contribution in [2.75, 3.05) is 9.80 Å². The second-order valence-electron chi connectivity index (χ2n) is 14.5. The van der Waals surface area contributed by atoms with Crippen LogP contribution in [0.2, 0.25) is 0 Å².